The van der Waals surface area contributed by atoms with Crippen LogP contribution in [0, 0.1) is 0 Å². The van der Waals surface area contributed by atoms with E-state index in [1.165, 1.54) is 0 Å². The third kappa shape index (κ3) is 2.93. The summed E-state index contributed by atoms with van der Waals surface area (Å²) < 4.78 is 1.88. The zero-order chi connectivity index (χ0) is 17.2. The Labute approximate surface area is 149 Å². The summed E-state index contributed by atoms with van der Waals surface area (Å²) >= 11 is 1.61. The molecule has 0 radical (unpaired) electrons. The second kappa shape index (κ2) is 6.72. The molecule has 0 saturated carbocycles. The van der Waals surface area contributed by atoms with Gasteiger partial charge in [0, 0.05) is 37.3 Å². The number of hydrogen-bond donors (Lipinski definition) is 0. The second-order valence-electron chi connectivity index (χ2n) is 5.78. The van der Waals surface area contributed by atoms with Gasteiger partial charge in [-0.25, -0.2) is 4.98 Å². The van der Waals surface area contributed by atoms with Crippen molar-refractivity contribution in [3.05, 3.63) is 48.4 Å². The average molecular weight is 354 g/mol. The summed E-state index contributed by atoms with van der Waals surface area (Å²) in [6.45, 7) is 2.91. The van der Waals surface area contributed by atoms with Gasteiger partial charge in [0.15, 0.2) is 0 Å². The summed E-state index contributed by atoms with van der Waals surface area (Å²) in [5.74, 6) is 1.70. The molecule has 25 heavy (non-hydrogen) atoms. The Morgan fingerprint density at radius 2 is 1.92 bits per heavy atom. The van der Waals surface area contributed by atoms with Gasteiger partial charge in [-0.2, -0.15) is 0 Å². The fraction of sp³-hybridized carbons (Fsp3) is 0.294. The van der Waals surface area contributed by atoms with Crippen molar-refractivity contribution >= 4 is 29.3 Å². The number of rotatable bonds is 3. The van der Waals surface area contributed by atoms with Gasteiger partial charge in [-0.3, -0.25) is 9.20 Å². The summed E-state index contributed by atoms with van der Waals surface area (Å²) in [4.78, 5) is 22.2. The summed E-state index contributed by atoms with van der Waals surface area (Å²) in [5, 5.41) is 7.90. The van der Waals surface area contributed by atoms with Crippen LogP contribution < -0.4 is 4.90 Å². The lowest BCUT2D eigenvalue weighted by Gasteiger charge is -2.36. The highest BCUT2D eigenvalue weighted by Crippen LogP contribution is 2.23. The Morgan fingerprint density at radius 1 is 1.12 bits per heavy atom. The number of anilines is 1. The molecule has 1 aliphatic rings. The first-order valence-corrected chi connectivity index (χ1v) is 9.32. The van der Waals surface area contributed by atoms with Crippen molar-refractivity contribution in [3.63, 3.8) is 0 Å². The van der Waals surface area contributed by atoms with E-state index in [2.05, 4.69) is 20.1 Å². The largest absolute Gasteiger partial charge is 0.354 e. The van der Waals surface area contributed by atoms with E-state index in [0.29, 0.717) is 18.9 Å². The van der Waals surface area contributed by atoms with E-state index < -0.39 is 0 Å². The minimum absolute atomic E-state index is 0.105. The summed E-state index contributed by atoms with van der Waals surface area (Å²) in [5.41, 5.74) is 0.786. The molecular weight excluding hydrogens is 336 g/mol. The van der Waals surface area contributed by atoms with Crippen LogP contribution in [0.25, 0.3) is 5.78 Å². The van der Waals surface area contributed by atoms with Gasteiger partial charge < -0.3 is 9.80 Å². The Hall–Kier alpha value is -2.61. The molecule has 4 rings (SSSR count). The van der Waals surface area contributed by atoms with Crippen LogP contribution in [0.1, 0.15) is 10.4 Å². The molecule has 3 heterocycles. The van der Waals surface area contributed by atoms with Crippen LogP contribution in [-0.4, -0.2) is 62.8 Å². The molecule has 1 saturated heterocycles. The maximum Gasteiger partial charge on any atom is 0.256 e. The van der Waals surface area contributed by atoms with Crippen molar-refractivity contribution in [2.75, 3.05) is 37.3 Å². The number of nitrogens with zero attached hydrogens (tertiary/aromatic N) is 6. The molecule has 7 nitrogen and oxygen atoms in total. The Bertz CT molecular complexity index is 903. The molecule has 0 atom stereocenters. The van der Waals surface area contributed by atoms with Crippen LogP contribution in [-0.2, 0) is 0 Å². The molecular formula is C17H18N6OS. The van der Waals surface area contributed by atoms with Crippen molar-refractivity contribution in [1.82, 2.24) is 24.5 Å². The van der Waals surface area contributed by atoms with Gasteiger partial charge in [0.05, 0.1) is 5.56 Å². The van der Waals surface area contributed by atoms with Gasteiger partial charge in [0.1, 0.15) is 12.1 Å². The van der Waals surface area contributed by atoms with Gasteiger partial charge >= 0.3 is 0 Å². The van der Waals surface area contributed by atoms with Crippen LogP contribution in [0.4, 0.5) is 5.82 Å². The molecule has 1 aliphatic heterocycles. The van der Waals surface area contributed by atoms with Crippen molar-refractivity contribution in [1.29, 1.82) is 0 Å². The lowest BCUT2D eigenvalue weighted by Crippen LogP contribution is -2.49. The fourth-order valence-electron chi connectivity index (χ4n) is 3.12. The van der Waals surface area contributed by atoms with Crippen molar-refractivity contribution in [2.45, 2.75) is 4.90 Å². The number of carbonyl (C=O) groups excluding carboxylic acids is 1. The van der Waals surface area contributed by atoms with Gasteiger partial charge in [0.25, 0.3) is 11.7 Å². The van der Waals surface area contributed by atoms with Crippen LogP contribution in [0.2, 0.25) is 0 Å². The predicted molar refractivity (Wildman–Crippen MR) is 97.1 cm³/mol. The van der Waals surface area contributed by atoms with E-state index in [9.17, 15) is 4.79 Å². The Balaban J connectivity index is 1.50. The van der Waals surface area contributed by atoms with E-state index in [-0.39, 0.29) is 5.91 Å². The molecule has 0 aliphatic carbocycles. The molecule has 0 spiro atoms. The number of carbonyl (C=O) groups is 1. The summed E-state index contributed by atoms with van der Waals surface area (Å²) in [7, 11) is 0. The SMILES string of the molecule is CSc1ccccc1C(=O)N1CCN(c2ccnc3nncn23)CC1. The summed E-state index contributed by atoms with van der Waals surface area (Å²) in [6.07, 6.45) is 5.41. The Morgan fingerprint density at radius 3 is 2.72 bits per heavy atom. The number of thioether (sulfide) groups is 1. The highest BCUT2D eigenvalue weighted by Gasteiger charge is 2.24. The number of benzene rings is 1. The van der Waals surface area contributed by atoms with Crippen LogP contribution in [0.15, 0.2) is 47.8 Å². The van der Waals surface area contributed by atoms with Crippen LogP contribution in [0.5, 0.6) is 0 Å². The van der Waals surface area contributed by atoms with E-state index in [1.54, 1.807) is 24.3 Å². The van der Waals surface area contributed by atoms with Crippen molar-refractivity contribution in [3.8, 4) is 0 Å². The van der Waals surface area contributed by atoms with Gasteiger partial charge in [0.2, 0.25) is 0 Å². The first kappa shape index (κ1) is 15.9. The first-order valence-electron chi connectivity index (χ1n) is 8.10. The van der Waals surface area contributed by atoms with Gasteiger partial charge in [-0.05, 0) is 24.5 Å². The highest BCUT2D eigenvalue weighted by molar-refractivity contribution is 7.98. The molecule has 2 aromatic heterocycles. The fourth-order valence-corrected chi connectivity index (χ4v) is 3.71. The zero-order valence-corrected chi connectivity index (χ0v) is 14.7. The molecule has 3 aromatic rings. The third-order valence-corrected chi connectivity index (χ3v) is 5.21. The number of aromatic nitrogens is 4. The predicted octanol–water partition coefficient (Wildman–Crippen LogP) is 1.81. The smallest absolute Gasteiger partial charge is 0.256 e. The highest BCUT2D eigenvalue weighted by atomic mass is 32.2. The maximum atomic E-state index is 12.9. The van der Waals surface area contributed by atoms with E-state index in [4.69, 9.17) is 0 Å². The lowest BCUT2D eigenvalue weighted by molar-refractivity contribution is 0.0743. The molecule has 0 bridgehead atoms. The molecule has 1 aromatic carbocycles. The topological polar surface area (TPSA) is 66.6 Å². The monoisotopic (exact) mass is 354 g/mol. The number of fused-ring (bicyclic) bond motifs is 1. The normalized spacial score (nSPS) is 14.9. The zero-order valence-electron chi connectivity index (χ0n) is 13.9. The number of piperazine rings is 1. The minimum Gasteiger partial charge on any atom is -0.354 e. The maximum absolute atomic E-state index is 12.9. The average Bonchev–Trinajstić information content (AvgIpc) is 3.16. The first-order chi connectivity index (χ1) is 12.3. The van der Waals surface area contributed by atoms with Crippen molar-refractivity contribution < 1.29 is 4.79 Å². The number of amides is 1. The summed E-state index contributed by atoms with van der Waals surface area (Å²) in [6, 6.07) is 9.74. The molecule has 0 N–H and O–H groups in total. The molecule has 128 valence electrons. The minimum atomic E-state index is 0.105. The number of hydrogen-bond acceptors (Lipinski definition) is 6. The van der Waals surface area contributed by atoms with E-state index in [1.807, 2.05) is 45.9 Å². The quantitative estimate of drug-likeness (QED) is 0.668. The van der Waals surface area contributed by atoms with Crippen LogP contribution in [0.3, 0.4) is 0 Å². The molecule has 8 heteroatoms. The second-order valence-corrected chi connectivity index (χ2v) is 6.63. The Kier molecular flexibility index (Phi) is 4.27. The van der Waals surface area contributed by atoms with Crippen LogP contribution >= 0.6 is 11.8 Å². The van der Waals surface area contributed by atoms with Gasteiger partial charge in [-0.1, -0.05) is 12.1 Å². The van der Waals surface area contributed by atoms with E-state index >= 15 is 0 Å². The molecule has 1 fully saturated rings. The molecule has 1 amide bonds. The lowest BCUT2D eigenvalue weighted by atomic mass is 10.2. The van der Waals surface area contributed by atoms with Crippen molar-refractivity contribution in [2.24, 2.45) is 0 Å². The van der Waals surface area contributed by atoms with E-state index in [0.717, 1.165) is 29.4 Å². The molecule has 0 unspecified atom stereocenters. The van der Waals surface area contributed by atoms with Gasteiger partial charge in [-0.15, -0.1) is 22.0 Å². The third-order valence-electron chi connectivity index (χ3n) is 4.42. The standard InChI is InChI=1S/C17H18N6OS/c1-25-14-5-3-2-4-13(14)16(24)22-10-8-21(9-11-22)15-6-7-18-17-20-19-12-23(15)17/h2-7,12H,8-11H2,1H3.